The number of benzene rings is 2. The monoisotopic (exact) mass is 318 g/mol. The number of hydrogen-bond acceptors (Lipinski definition) is 2. The highest BCUT2D eigenvalue weighted by atomic mass is 32.1. The van der Waals surface area contributed by atoms with E-state index in [1.165, 1.54) is 12.1 Å². The molecule has 0 aliphatic heterocycles. The van der Waals surface area contributed by atoms with Gasteiger partial charge < -0.3 is 15.4 Å². The smallest absolute Gasteiger partial charge is 0.170 e. The molecule has 0 aliphatic carbocycles. The summed E-state index contributed by atoms with van der Waals surface area (Å²) in [5.74, 6) is 0.607. The van der Waals surface area contributed by atoms with Crippen LogP contribution in [0.1, 0.15) is 12.0 Å². The Balaban J connectivity index is 1.67. The minimum atomic E-state index is -0.202. The van der Waals surface area contributed by atoms with Gasteiger partial charge in [-0.25, -0.2) is 4.39 Å². The van der Waals surface area contributed by atoms with Gasteiger partial charge in [-0.3, -0.25) is 0 Å². The Kier molecular flexibility index (Phi) is 6.15. The summed E-state index contributed by atoms with van der Waals surface area (Å²) in [6.07, 6.45) is 1.81. The van der Waals surface area contributed by atoms with E-state index in [9.17, 15) is 4.39 Å². The lowest BCUT2D eigenvalue weighted by atomic mass is 10.1. The zero-order valence-electron chi connectivity index (χ0n) is 12.4. The molecule has 0 atom stereocenters. The highest BCUT2D eigenvalue weighted by Gasteiger charge is 1.99. The Bertz CT molecular complexity index is 599. The van der Waals surface area contributed by atoms with Crippen LogP contribution in [0.5, 0.6) is 5.75 Å². The maximum Gasteiger partial charge on any atom is 0.170 e. The molecule has 0 saturated heterocycles. The molecule has 2 N–H and O–H groups in total. The van der Waals surface area contributed by atoms with Crippen LogP contribution in [0.25, 0.3) is 0 Å². The second-order valence-electron chi connectivity index (χ2n) is 4.84. The first kappa shape index (κ1) is 16.2. The van der Waals surface area contributed by atoms with Crippen molar-refractivity contribution < 1.29 is 9.13 Å². The van der Waals surface area contributed by atoms with E-state index in [1.807, 2.05) is 36.4 Å². The summed E-state index contributed by atoms with van der Waals surface area (Å²) in [4.78, 5) is 0. The van der Waals surface area contributed by atoms with Gasteiger partial charge in [0.05, 0.1) is 7.11 Å². The molecule has 0 fully saturated rings. The Labute approximate surface area is 135 Å². The molecule has 3 nitrogen and oxygen atoms in total. The number of halogens is 1. The summed E-state index contributed by atoms with van der Waals surface area (Å²) in [5.41, 5.74) is 2.04. The van der Waals surface area contributed by atoms with E-state index in [4.69, 9.17) is 17.0 Å². The lowest BCUT2D eigenvalue weighted by Gasteiger charge is -2.11. The lowest BCUT2D eigenvalue weighted by molar-refractivity contribution is 0.415. The molecule has 0 aliphatic rings. The predicted molar refractivity (Wildman–Crippen MR) is 91.9 cm³/mol. The molecule has 2 rings (SSSR count). The van der Waals surface area contributed by atoms with Crippen LogP contribution in [-0.2, 0) is 6.42 Å². The third-order valence-corrected chi connectivity index (χ3v) is 3.44. The average Bonchev–Trinajstić information content (AvgIpc) is 2.54. The number of hydrogen-bond donors (Lipinski definition) is 2. The maximum absolute atomic E-state index is 12.8. The van der Waals surface area contributed by atoms with E-state index in [0.29, 0.717) is 5.11 Å². The first-order valence-electron chi connectivity index (χ1n) is 7.11. The van der Waals surface area contributed by atoms with Crippen molar-refractivity contribution in [3.8, 4) is 5.75 Å². The van der Waals surface area contributed by atoms with E-state index >= 15 is 0 Å². The van der Waals surface area contributed by atoms with Crippen LogP contribution in [0.3, 0.4) is 0 Å². The summed E-state index contributed by atoms with van der Waals surface area (Å²) in [6.45, 7) is 0.763. The summed E-state index contributed by atoms with van der Waals surface area (Å²) in [5, 5.41) is 6.86. The molecule has 0 saturated carbocycles. The minimum absolute atomic E-state index is 0.202. The van der Waals surface area contributed by atoms with Crippen LogP contribution >= 0.6 is 12.2 Å². The van der Waals surface area contributed by atoms with Gasteiger partial charge in [-0.2, -0.15) is 0 Å². The van der Waals surface area contributed by atoms with E-state index in [1.54, 1.807) is 7.11 Å². The topological polar surface area (TPSA) is 33.3 Å². The molecule has 0 amide bonds. The van der Waals surface area contributed by atoms with Crippen molar-refractivity contribution in [1.29, 1.82) is 0 Å². The third kappa shape index (κ3) is 5.33. The van der Waals surface area contributed by atoms with Crippen LogP contribution in [0, 0.1) is 5.82 Å². The second-order valence-corrected chi connectivity index (χ2v) is 5.25. The molecule has 0 unspecified atom stereocenters. The summed E-state index contributed by atoms with van der Waals surface area (Å²) >= 11 is 5.24. The summed E-state index contributed by atoms with van der Waals surface area (Å²) in [7, 11) is 1.63. The van der Waals surface area contributed by atoms with Crippen molar-refractivity contribution in [2.45, 2.75) is 12.8 Å². The molecule has 0 bridgehead atoms. The molecule has 2 aromatic rings. The van der Waals surface area contributed by atoms with Gasteiger partial charge in [-0.1, -0.05) is 12.1 Å². The first-order chi connectivity index (χ1) is 10.7. The highest BCUT2D eigenvalue weighted by Crippen LogP contribution is 2.14. The minimum Gasteiger partial charge on any atom is -0.497 e. The number of anilines is 1. The Morgan fingerprint density at radius 1 is 1.09 bits per heavy atom. The van der Waals surface area contributed by atoms with E-state index in [0.717, 1.165) is 36.4 Å². The zero-order valence-corrected chi connectivity index (χ0v) is 13.3. The van der Waals surface area contributed by atoms with Gasteiger partial charge in [-0.05, 0) is 67.0 Å². The average molecular weight is 318 g/mol. The van der Waals surface area contributed by atoms with E-state index in [2.05, 4.69) is 10.6 Å². The molecular formula is C17H19FN2OS. The van der Waals surface area contributed by atoms with Crippen LogP contribution in [0.4, 0.5) is 10.1 Å². The van der Waals surface area contributed by atoms with Crippen molar-refractivity contribution in [3.05, 3.63) is 59.9 Å². The molecule has 116 valence electrons. The van der Waals surface area contributed by atoms with Gasteiger partial charge in [0.15, 0.2) is 5.11 Å². The summed E-state index contributed by atoms with van der Waals surface area (Å²) < 4.78 is 17.9. The van der Waals surface area contributed by atoms with Crippen molar-refractivity contribution in [2.24, 2.45) is 0 Å². The highest BCUT2D eigenvalue weighted by molar-refractivity contribution is 7.80. The number of nitrogens with one attached hydrogen (secondary N) is 2. The van der Waals surface area contributed by atoms with Gasteiger partial charge >= 0.3 is 0 Å². The van der Waals surface area contributed by atoms with Crippen LogP contribution < -0.4 is 15.4 Å². The fourth-order valence-corrected chi connectivity index (χ4v) is 2.22. The quantitative estimate of drug-likeness (QED) is 0.628. The molecule has 22 heavy (non-hydrogen) atoms. The predicted octanol–water partition coefficient (Wildman–Crippen LogP) is 3.75. The fraction of sp³-hybridized carbons (Fsp3) is 0.235. The molecule has 0 radical (unpaired) electrons. The molecule has 0 aromatic heterocycles. The van der Waals surface area contributed by atoms with Crippen LogP contribution in [-0.4, -0.2) is 18.8 Å². The number of rotatable bonds is 6. The van der Waals surface area contributed by atoms with Gasteiger partial charge in [0.25, 0.3) is 0 Å². The standard InChI is InChI=1S/C17H19FN2OS/c1-21-16-10-8-15(9-11-16)20-17(22)19-12-2-3-13-4-6-14(18)7-5-13/h4-11H,2-3,12H2,1H3,(H2,19,20,22). The lowest BCUT2D eigenvalue weighted by Crippen LogP contribution is -2.29. The Morgan fingerprint density at radius 2 is 1.77 bits per heavy atom. The third-order valence-electron chi connectivity index (χ3n) is 3.19. The van der Waals surface area contributed by atoms with Gasteiger partial charge in [0, 0.05) is 12.2 Å². The van der Waals surface area contributed by atoms with E-state index < -0.39 is 0 Å². The van der Waals surface area contributed by atoms with Crippen molar-refractivity contribution in [1.82, 2.24) is 5.32 Å². The zero-order chi connectivity index (χ0) is 15.8. The van der Waals surface area contributed by atoms with Crippen LogP contribution in [0.15, 0.2) is 48.5 Å². The fourth-order valence-electron chi connectivity index (χ4n) is 2.00. The molecular weight excluding hydrogens is 299 g/mol. The number of aryl methyl sites for hydroxylation is 1. The maximum atomic E-state index is 12.8. The molecule has 0 heterocycles. The van der Waals surface area contributed by atoms with Crippen molar-refractivity contribution in [3.63, 3.8) is 0 Å². The van der Waals surface area contributed by atoms with Gasteiger partial charge in [0.1, 0.15) is 11.6 Å². The van der Waals surface area contributed by atoms with E-state index in [-0.39, 0.29) is 5.82 Å². The SMILES string of the molecule is COc1ccc(NC(=S)NCCCc2ccc(F)cc2)cc1. The largest absolute Gasteiger partial charge is 0.497 e. The van der Waals surface area contributed by atoms with Crippen molar-refractivity contribution in [2.75, 3.05) is 19.0 Å². The van der Waals surface area contributed by atoms with Gasteiger partial charge in [-0.15, -0.1) is 0 Å². The number of ether oxygens (including phenoxy) is 1. The Morgan fingerprint density at radius 3 is 2.41 bits per heavy atom. The summed E-state index contributed by atoms with van der Waals surface area (Å²) in [6, 6.07) is 14.2. The number of thiocarbonyl (C=S) groups is 1. The molecule has 0 spiro atoms. The molecule has 5 heteroatoms. The van der Waals surface area contributed by atoms with Gasteiger partial charge in [0.2, 0.25) is 0 Å². The van der Waals surface area contributed by atoms with Crippen LogP contribution in [0.2, 0.25) is 0 Å². The first-order valence-corrected chi connectivity index (χ1v) is 7.51. The molecule has 2 aromatic carbocycles. The normalized spacial score (nSPS) is 10.1. The second kappa shape index (κ2) is 8.34. The van der Waals surface area contributed by atoms with Crippen molar-refractivity contribution >= 4 is 23.0 Å². The number of methoxy groups -OCH3 is 1. The Hall–Kier alpha value is -2.14.